The highest BCUT2D eigenvalue weighted by atomic mass is 31.3. The van der Waals surface area contributed by atoms with Crippen LogP contribution in [0.4, 0.5) is 0 Å². The van der Waals surface area contributed by atoms with Crippen LogP contribution in [-0.2, 0) is 9.47 Å². The molecular weight excluding hydrogens is 443 g/mol. The molecule has 6 fully saturated rings. The first-order chi connectivity index (χ1) is 14.8. The van der Waals surface area contributed by atoms with E-state index in [1.807, 2.05) is 0 Å². The summed E-state index contributed by atoms with van der Waals surface area (Å²) >= 11 is 0. The highest BCUT2D eigenvalue weighted by molar-refractivity contribution is 7.83. The van der Waals surface area contributed by atoms with Gasteiger partial charge in [-0.05, 0) is 0 Å². The van der Waals surface area contributed by atoms with E-state index in [0.29, 0.717) is 0 Å². The summed E-state index contributed by atoms with van der Waals surface area (Å²) in [5, 5.41) is 0. The van der Waals surface area contributed by atoms with E-state index in [0.717, 1.165) is 105 Å². The number of nitrogens with zero attached hydrogens (tertiary/aromatic N) is 9. The largest absolute Gasteiger partial charge is 0.379 e. The fourth-order valence-corrected chi connectivity index (χ4v) is 20.3. The van der Waals surface area contributed by atoms with Crippen molar-refractivity contribution in [2.24, 2.45) is 13.5 Å². The fraction of sp³-hybridized carbons (Fsp3) is 1.00. The Morgan fingerprint density at radius 3 is 0.833 bits per heavy atom. The zero-order valence-corrected chi connectivity index (χ0v) is 20.2. The van der Waals surface area contributed by atoms with Gasteiger partial charge in [0.05, 0.1) is 26.4 Å². The zero-order valence-electron chi connectivity index (χ0n) is 17.5. The van der Waals surface area contributed by atoms with E-state index >= 15 is 0 Å². The Labute approximate surface area is 178 Å². The van der Waals surface area contributed by atoms with Gasteiger partial charge in [0.1, 0.15) is 0 Å². The third-order valence-electron chi connectivity index (χ3n) is 6.67. The number of morpholine rings is 2. The third kappa shape index (κ3) is 3.13. The second-order valence-corrected chi connectivity index (χ2v) is 17.6. The van der Waals surface area contributed by atoms with Crippen LogP contribution in [0.15, 0.2) is 13.5 Å². The first-order valence-corrected chi connectivity index (χ1v) is 16.1. The van der Waals surface area contributed by atoms with Crippen molar-refractivity contribution < 1.29 is 9.47 Å². The first kappa shape index (κ1) is 19.8. The minimum atomic E-state index is -2.14. The normalized spacial score (nSPS) is 42.8. The van der Waals surface area contributed by atoms with Gasteiger partial charge >= 0.3 is 0 Å². The monoisotopic (exact) mass is 475 g/mol. The Kier molecular flexibility index (Phi) is 4.74. The molecule has 0 aliphatic carbocycles. The average Bonchev–Trinajstić information content (AvgIpc) is 3.62. The highest BCUT2D eigenvalue weighted by Gasteiger charge is 2.58. The van der Waals surface area contributed by atoms with Crippen molar-refractivity contribution in [1.29, 1.82) is 0 Å². The summed E-state index contributed by atoms with van der Waals surface area (Å²) in [6.45, 7) is 16.0. The van der Waals surface area contributed by atoms with Gasteiger partial charge in [-0.3, -0.25) is 0 Å². The summed E-state index contributed by atoms with van der Waals surface area (Å²) in [5.74, 6) is 0. The van der Waals surface area contributed by atoms with Crippen LogP contribution in [0.2, 0.25) is 0 Å². The zero-order chi connectivity index (χ0) is 19.8. The second kappa shape index (κ2) is 7.18. The summed E-state index contributed by atoms with van der Waals surface area (Å²) in [6.07, 6.45) is 0. The molecule has 7 aliphatic heterocycles. The molecule has 1 unspecified atom stereocenters. The maximum atomic E-state index is 5.89. The van der Waals surface area contributed by atoms with Crippen molar-refractivity contribution in [3.05, 3.63) is 0 Å². The van der Waals surface area contributed by atoms with Crippen molar-refractivity contribution in [3.8, 4) is 0 Å². The van der Waals surface area contributed by atoms with Gasteiger partial charge in [-0.1, -0.05) is 0 Å². The SMILES string of the molecule is C1CN(P2(N3CC3)=NP(N3CC3)(N3CC3)=N[P@@](N3CCOCC3)(N3CC3)=N2)CCO1. The van der Waals surface area contributed by atoms with Crippen molar-refractivity contribution in [1.82, 2.24) is 28.0 Å². The lowest BCUT2D eigenvalue weighted by atomic mass is 10.5. The molecule has 14 heteroatoms. The van der Waals surface area contributed by atoms with E-state index < -0.39 is 22.5 Å². The van der Waals surface area contributed by atoms with Crippen LogP contribution in [0.3, 0.4) is 0 Å². The molecule has 7 heterocycles. The van der Waals surface area contributed by atoms with E-state index in [9.17, 15) is 0 Å². The van der Waals surface area contributed by atoms with Crippen molar-refractivity contribution in [2.75, 3.05) is 105 Å². The molecule has 7 aliphatic rings. The highest BCUT2D eigenvalue weighted by Crippen LogP contribution is 2.86. The van der Waals surface area contributed by atoms with Gasteiger partial charge in [-0.25, -0.2) is 28.0 Å². The number of rotatable bonds is 6. The van der Waals surface area contributed by atoms with Crippen LogP contribution in [0.25, 0.3) is 0 Å². The summed E-state index contributed by atoms with van der Waals surface area (Å²) in [4.78, 5) is 0. The smallest absolute Gasteiger partial charge is 0.221 e. The lowest BCUT2D eigenvalue weighted by Gasteiger charge is -2.46. The molecule has 168 valence electrons. The molecule has 30 heavy (non-hydrogen) atoms. The Balaban J connectivity index is 1.48. The van der Waals surface area contributed by atoms with E-state index in [-0.39, 0.29) is 0 Å². The van der Waals surface area contributed by atoms with Gasteiger partial charge in [0.2, 0.25) is 22.5 Å². The molecule has 2 atom stereocenters. The second-order valence-electron chi connectivity index (χ2n) is 8.83. The molecule has 0 saturated carbocycles. The van der Waals surface area contributed by atoms with Crippen LogP contribution in [0, 0.1) is 0 Å². The first-order valence-electron chi connectivity index (χ1n) is 11.3. The maximum Gasteiger partial charge on any atom is 0.221 e. The van der Waals surface area contributed by atoms with Crippen molar-refractivity contribution >= 4 is 22.5 Å². The number of hydrogen-bond donors (Lipinski definition) is 0. The molecule has 6 saturated heterocycles. The van der Waals surface area contributed by atoms with Crippen LogP contribution in [0.5, 0.6) is 0 Å². The van der Waals surface area contributed by atoms with Gasteiger partial charge < -0.3 is 9.47 Å². The molecular formula is C16H32N9O2P3. The molecule has 0 N–H and O–H groups in total. The van der Waals surface area contributed by atoms with Crippen molar-refractivity contribution in [2.45, 2.75) is 0 Å². The number of ether oxygens (including phenoxy) is 2. The predicted octanol–water partition coefficient (Wildman–Crippen LogP) is 1.77. The Morgan fingerprint density at radius 2 is 0.600 bits per heavy atom. The predicted molar refractivity (Wildman–Crippen MR) is 119 cm³/mol. The summed E-state index contributed by atoms with van der Waals surface area (Å²) in [6, 6.07) is 0. The Morgan fingerprint density at radius 1 is 0.367 bits per heavy atom. The molecule has 0 aromatic carbocycles. The Hall–Kier alpha value is 0.370. The summed E-state index contributed by atoms with van der Waals surface area (Å²) < 4.78 is 44.7. The molecule has 0 aromatic rings. The standard InChI is InChI=1S/C16H32N9O2P3/c1-2-20(1)28(21-3-4-21)17-29(22-5-6-22,24-9-13-26-14-10-24)19-30(18-28,23-7-8-23)25-11-15-27-16-12-25/h1-16H2/t29-,30?/m0/s1. The molecule has 0 bridgehead atoms. The number of hydrogen-bond acceptors (Lipinski definition) is 11. The van der Waals surface area contributed by atoms with E-state index in [4.69, 9.17) is 23.0 Å². The minimum Gasteiger partial charge on any atom is -0.379 e. The van der Waals surface area contributed by atoms with Gasteiger partial charge in [-0.2, -0.15) is 13.5 Å². The van der Waals surface area contributed by atoms with Crippen molar-refractivity contribution in [3.63, 3.8) is 0 Å². The van der Waals surface area contributed by atoms with E-state index in [1.165, 1.54) is 0 Å². The molecule has 0 spiro atoms. The van der Waals surface area contributed by atoms with Gasteiger partial charge in [0.15, 0.2) is 0 Å². The van der Waals surface area contributed by atoms with E-state index in [2.05, 4.69) is 28.0 Å². The summed E-state index contributed by atoms with van der Waals surface area (Å²) in [7, 11) is -6.33. The summed E-state index contributed by atoms with van der Waals surface area (Å²) in [5.41, 5.74) is 0. The minimum absolute atomic E-state index is 0.795. The van der Waals surface area contributed by atoms with Crippen LogP contribution >= 0.6 is 22.5 Å². The Bertz CT molecular complexity index is 835. The van der Waals surface area contributed by atoms with Gasteiger partial charge in [0.25, 0.3) is 0 Å². The van der Waals surface area contributed by atoms with E-state index in [1.54, 1.807) is 0 Å². The topological polar surface area (TPSA) is 74.1 Å². The van der Waals surface area contributed by atoms with Gasteiger partial charge in [0, 0.05) is 78.5 Å². The average molecular weight is 475 g/mol. The molecule has 11 nitrogen and oxygen atoms in total. The van der Waals surface area contributed by atoms with Gasteiger partial charge in [-0.15, -0.1) is 0 Å². The molecule has 0 radical (unpaired) electrons. The molecule has 0 aromatic heterocycles. The molecule has 7 rings (SSSR count). The lowest BCUT2D eigenvalue weighted by Crippen LogP contribution is -2.38. The van der Waals surface area contributed by atoms with Crippen LogP contribution < -0.4 is 0 Å². The molecule has 0 amide bonds. The van der Waals surface area contributed by atoms with Crippen LogP contribution in [-0.4, -0.2) is 133 Å². The maximum absolute atomic E-state index is 5.89. The fourth-order valence-electron chi connectivity index (χ4n) is 4.65. The van der Waals surface area contributed by atoms with Crippen LogP contribution in [0.1, 0.15) is 0 Å². The quantitative estimate of drug-likeness (QED) is 0.425. The third-order valence-corrected chi connectivity index (χ3v) is 19.4. The lowest BCUT2D eigenvalue weighted by molar-refractivity contribution is 0.0717.